The summed E-state index contributed by atoms with van der Waals surface area (Å²) in [4.78, 5) is 32.6. The van der Waals surface area contributed by atoms with Gasteiger partial charge in [0.2, 0.25) is 0 Å². The molecule has 4 aromatic rings. The number of fused-ring (bicyclic) bond motifs is 3. The van der Waals surface area contributed by atoms with E-state index in [1.807, 2.05) is 34.4 Å². The van der Waals surface area contributed by atoms with Crippen LogP contribution in [0.15, 0.2) is 54.6 Å². The summed E-state index contributed by atoms with van der Waals surface area (Å²) in [6.45, 7) is 8.15. The zero-order chi connectivity index (χ0) is 25.4. The maximum Gasteiger partial charge on any atom is 0.254 e. The minimum absolute atomic E-state index is 0.0346. The Kier molecular flexibility index (Phi) is 6.84. The van der Waals surface area contributed by atoms with Crippen LogP contribution in [0.2, 0.25) is 5.02 Å². The highest BCUT2D eigenvalue weighted by atomic mass is 35.5. The first-order valence-electron chi connectivity index (χ1n) is 13.0. The second-order valence-corrected chi connectivity index (χ2v) is 11.2. The molecule has 1 fully saturated rings. The molecule has 37 heavy (non-hydrogen) atoms. The molecular formula is C29H30ClN5OS. The molecular weight excluding hydrogens is 502 g/mol. The van der Waals surface area contributed by atoms with E-state index in [4.69, 9.17) is 21.6 Å². The number of halogens is 1. The van der Waals surface area contributed by atoms with E-state index in [2.05, 4.69) is 41.0 Å². The zero-order valence-corrected chi connectivity index (χ0v) is 22.6. The van der Waals surface area contributed by atoms with Crippen LogP contribution in [0.3, 0.4) is 0 Å². The minimum atomic E-state index is 0.0346. The number of aromatic nitrogens is 2. The molecule has 0 unspecified atom stereocenters. The fourth-order valence-corrected chi connectivity index (χ4v) is 6.82. The van der Waals surface area contributed by atoms with Crippen molar-refractivity contribution in [1.29, 1.82) is 0 Å². The van der Waals surface area contributed by atoms with Gasteiger partial charge in [-0.2, -0.15) is 0 Å². The number of amides is 1. The van der Waals surface area contributed by atoms with Crippen molar-refractivity contribution in [2.75, 3.05) is 44.2 Å². The normalized spacial score (nSPS) is 16.3. The molecule has 2 aliphatic heterocycles. The van der Waals surface area contributed by atoms with Crippen LogP contribution < -0.4 is 4.90 Å². The third-order valence-corrected chi connectivity index (χ3v) is 8.74. The van der Waals surface area contributed by atoms with Gasteiger partial charge < -0.3 is 9.80 Å². The Hall–Kier alpha value is -3.00. The zero-order valence-electron chi connectivity index (χ0n) is 21.0. The number of nitrogens with zero attached hydrogens (tertiary/aromatic N) is 5. The summed E-state index contributed by atoms with van der Waals surface area (Å²) in [5.41, 5.74) is 3.27. The van der Waals surface area contributed by atoms with Crippen LogP contribution in [-0.4, -0.2) is 64.9 Å². The number of likely N-dealkylation sites (N-methyl/N-ethyl adjacent to an activating group) is 1. The fourth-order valence-electron chi connectivity index (χ4n) is 5.35. The second-order valence-electron chi connectivity index (χ2n) is 9.72. The molecule has 6 rings (SSSR count). The molecule has 0 spiro atoms. The van der Waals surface area contributed by atoms with Gasteiger partial charge in [0.05, 0.1) is 5.39 Å². The molecule has 0 bridgehead atoms. The number of carbonyl (C=O) groups excluding carboxylic acids is 1. The number of hydrogen-bond donors (Lipinski definition) is 0. The van der Waals surface area contributed by atoms with Crippen molar-refractivity contribution < 1.29 is 4.79 Å². The van der Waals surface area contributed by atoms with Crippen LogP contribution in [0, 0.1) is 0 Å². The fraction of sp³-hybridized carbons (Fsp3) is 0.345. The molecule has 0 N–H and O–H groups in total. The third-order valence-electron chi connectivity index (χ3n) is 7.40. The first-order chi connectivity index (χ1) is 18.1. The van der Waals surface area contributed by atoms with Crippen LogP contribution in [0.4, 0.5) is 5.82 Å². The Morgan fingerprint density at radius 2 is 1.81 bits per heavy atom. The Balaban J connectivity index is 1.31. The van der Waals surface area contributed by atoms with Gasteiger partial charge in [0.25, 0.3) is 5.91 Å². The maximum atomic E-state index is 13.1. The predicted octanol–water partition coefficient (Wildman–Crippen LogP) is 5.28. The SMILES string of the molecule is CCN1CCc2c(sc3nc(Cc4ccccc4)nc(N4CCN(C(=O)c5cccc(Cl)c5)CC4)c23)C1. The minimum Gasteiger partial charge on any atom is -0.352 e. The van der Waals surface area contributed by atoms with E-state index < -0.39 is 0 Å². The summed E-state index contributed by atoms with van der Waals surface area (Å²) in [6.07, 6.45) is 1.74. The van der Waals surface area contributed by atoms with Crippen molar-refractivity contribution in [1.82, 2.24) is 19.8 Å². The summed E-state index contributed by atoms with van der Waals surface area (Å²) >= 11 is 7.96. The van der Waals surface area contributed by atoms with E-state index >= 15 is 0 Å². The summed E-state index contributed by atoms with van der Waals surface area (Å²) < 4.78 is 0. The van der Waals surface area contributed by atoms with E-state index in [1.165, 1.54) is 21.4 Å². The van der Waals surface area contributed by atoms with Crippen molar-refractivity contribution in [3.63, 3.8) is 0 Å². The topological polar surface area (TPSA) is 52.6 Å². The quantitative estimate of drug-likeness (QED) is 0.351. The average molecular weight is 532 g/mol. The van der Waals surface area contributed by atoms with Crippen molar-refractivity contribution >= 4 is 44.9 Å². The van der Waals surface area contributed by atoms with Crippen LogP contribution >= 0.6 is 22.9 Å². The van der Waals surface area contributed by atoms with E-state index in [0.29, 0.717) is 30.1 Å². The second kappa shape index (κ2) is 10.4. The predicted molar refractivity (Wildman–Crippen MR) is 151 cm³/mol. The first kappa shape index (κ1) is 24.3. The van der Waals surface area contributed by atoms with Gasteiger partial charge in [-0.05, 0) is 42.3 Å². The average Bonchev–Trinajstić information content (AvgIpc) is 3.30. The highest BCUT2D eigenvalue weighted by Gasteiger charge is 2.29. The molecule has 0 saturated carbocycles. The molecule has 0 aliphatic carbocycles. The summed E-state index contributed by atoms with van der Waals surface area (Å²) in [6, 6.07) is 17.6. The molecule has 2 aromatic carbocycles. The Morgan fingerprint density at radius 3 is 2.57 bits per heavy atom. The van der Waals surface area contributed by atoms with Gasteiger partial charge >= 0.3 is 0 Å². The smallest absolute Gasteiger partial charge is 0.254 e. The molecule has 0 radical (unpaired) electrons. The molecule has 190 valence electrons. The lowest BCUT2D eigenvalue weighted by Crippen LogP contribution is -2.49. The van der Waals surface area contributed by atoms with Crippen LogP contribution in [-0.2, 0) is 19.4 Å². The Labute approximate surface area is 226 Å². The van der Waals surface area contributed by atoms with Crippen LogP contribution in [0.25, 0.3) is 10.2 Å². The highest BCUT2D eigenvalue weighted by Crippen LogP contribution is 2.39. The summed E-state index contributed by atoms with van der Waals surface area (Å²) in [5, 5.41) is 1.81. The molecule has 4 heterocycles. The van der Waals surface area contributed by atoms with Crippen molar-refractivity contribution in [2.45, 2.75) is 26.3 Å². The van der Waals surface area contributed by atoms with Gasteiger partial charge in [-0.15, -0.1) is 11.3 Å². The summed E-state index contributed by atoms with van der Waals surface area (Å²) in [5.74, 6) is 1.93. The number of piperazine rings is 1. The van der Waals surface area contributed by atoms with Gasteiger partial charge in [0.1, 0.15) is 16.5 Å². The summed E-state index contributed by atoms with van der Waals surface area (Å²) in [7, 11) is 0. The number of anilines is 1. The maximum absolute atomic E-state index is 13.1. The van der Waals surface area contributed by atoms with Crippen LogP contribution in [0.5, 0.6) is 0 Å². The lowest BCUT2D eigenvalue weighted by Gasteiger charge is -2.36. The molecule has 8 heteroatoms. The molecule has 2 aliphatic rings. The Bertz CT molecular complexity index is 1430. The van der Waals surface area contributed by atoms with E-state index in [9.17, 15) is 4.79 Å². The number of carbonyl (C=O) groups is 1. The van der Waals surface area contributed by atoms with Crippen molar-refractivity contribution in [2.24, 2.45) is 0 Å². The van der Waals surface area contributed by atoms with Gasteiger partial charge in [-0.25, -0.2) is 9.97 Å². The van der Waals surface area contributed by atoms with Gasteiger partial charge in [-0.3, -0.25) is 9.69 Å². The van der Waals surface area contributed by atoms with E-state index in [1.54, 1.807) is 12.1 Å². The molecule has 1 saturated heterocycles. The lowest BCUT2D eigenvalue weighted by molar-refractivity contribution is 0.0746. The number of thiophene rings is 1. The number of hydrogen-bond acceptors (Lipinski definition) is 6. The van der Waals surface area contributed by atoms with E-state index in [0.717, 1.165) is 55.6 Å². The standard InChI is InChI=1S/C29H30ClN5OS/c1-2-33-12-11-23-24(19-33)37-28-26(23)27(31-25(32-28)17-20-7-4-3-5-8-20)34-13-15-35(16-14-34)29(36)21-9-6-10-22(30)18-21/h3-10,18H,2,11-17,19H2,1H3. The van der Waals surface area contributed by atoms with Gasteiger partial charge in [0.15, 0.2) is 0 Å². The largest absolute Gasteiger partial charge is 0.352 e. The number of benzene rings is 2. The van der Waals surface area contributed by atoms with Crippen molar-refractivity contribution in [3.05, 3.63) is 87.0 Å². The molecule has 1 amide bonds. The molecule has 0 atom stereocenters. The van der Waals surface area contributed by atoms with E-state index in [-0.39, 0.29) is 5.91 Å². The number of rotatable bonds is 5. The molecule has 2 aromatic heterocycles. The van der Waals surface area contributed by atoms with Gasteiger partial charge in [-0.1, -0.05) is 54.9 Å². The van der Waals surface area contributed by atoms with Gasteiger partial charge in [0, 0.05) is 61.2 Å². The lowest BCUT2D eigenvalue weighted by atomic mass is 10.0. The van der Waals surface area contributed by atoms with Crippen LogP contribution in [0.1, 0.15) is 39.1 Å². The third kappa shape index (κ3) is 4.96. The Morgan fingerprint density at radius 1 is 1.00 bits per heavy atom. The monoisotopic (exact) mass is 531 g/mol. The highest BCUT2D eigenvalue weighted by molar-refractivity contribution is 7.19. The molecule has 6 nitrogen and oxygen atoms in total. The van der Waals surface area contributed by atoms with Crippen molar-refractivity contribution in [3.8, 4) is 0 Å². The first-order valence-corrected chi connectivity index (χ1v) is 14.2.